The van der Waals surface area contributed by atoms with Crippen molar-refractivity contribution in [3.8, 4) is 0 Å². The number of fused-ring (bicyclic) bond motifs is 1. The Morgan fingerprint density at radius 2 is 1.31 bits per heavy atom. The Bertz CT molecular complexity index is 1130. The van der Waals surface area contributed by atoms with Crippen molar-refractivity contribution in [1.29, 1.82) is 5.41 Å². The van der Waals surface area contributed by atoms with Gasteiger partial charge in [0.05, 0.1) is 10.9 Å². The molecule has 0 bridgehead atoms. The second-order valence-corrected chi connectivity index (χ2v) is 7.10. The van der Waals surface area contributed by atoms with Gasteiger partial charge in [0.15, 0.2) is 0 Å². The molecule has 0 aliphatic carbocycles. The lowest BCUT2D eigenvalue weighted by molar-refractivity contribution is -0.133. The van der Waals surface area contributed by atoms with Crippen molar-refractivity contribution in [2.45, 2.75) is 19.6 Å². The van der Waals surface area contributed by atoms with E-state index in [2.05, 4.69) is 0 Å². The Kier molecular flexibility index (Phi) is 5.52. The molecule has 1 N–H and O–H groups in total. The number of nitrogens with zero attached hydrogens (tertiary/aromatic N) is 2. The largest absolute Gasteiger partial charge is 0.338 e. The minimum atomic E-state index is 0.0468. The maximum absolute atomic E-state index is 13.3. The van der Waals surface area contributed by atoms with Crippen molar-refractivity contribution >= 4 is 16.8 Å². The lowest BCUT2D eigenvalue weighted by atomic mass is 10.1. The third-order valence-electron chi connectivity index (χ3n) is 5.02. The van der Waals surface area contributed by atoms with E-state index in [1.54, 1.807) is 6.07 Å². The van der Waals surface area contributed by atoms with Crippen LogP contribution < -0.4 is 5.36 Å². The summed E-state index contributed by atoms with van der Waals surface area (Å²) in [6, 6.07) is 29.6. The minimum absolute atomic E-state index is 0.0468. The predicted octanol–water partition coefficient (Wildman–Crippen LogP) is 4.35. The van der Waals surface area contributed by atoms with Crippen molar-refractivity contribution in [1.82, 2.24) is 9.47 Å². The summed E-state index contributed by atoms with van der Waals surface area (Å²) in [5, 5.41) is 9.43. The van der Waals surface area contributed by atoms with Gasteiger partial charge >= 0.3 is 0 Å². The quantitative estimate of drug-likeness (QED) is 0.530. The molecule has 0 fully saturated rings. The average Bonchev–Trinajstić information content (AvgIpc) is 2.77. The molecule has 0 aliphatic rings. The molecule has 4 nitrogen and oxygen atoms in total. The summed E-state index contributed by atoms with van der Waals surface area (Å²) in [7, 11) is 0. The van der Waals surface area contributed by atoms with E-state index < -0.39 is 0 Å². The van der Waals surface area contributed by atoms with Crippen LogP contribution in [-0.2, 0) is 24.4 Å². The van der Waals surface area contributed by atoms with Crippen LogP contribution in [0.5, 0.6) is 0 Å². The Hall–Kier alpha value is -3.66. The SMILES string of the molecule is N=c1ccn(CC(=O)N(Cc2ccccc2)Cc2ccccc2)c2ccccc12. The highest BCUT2D eigenvalue weighted by Gasteiger charge is 2.16. The zero-order chi connectivity index (χ0) is 20.1. The van der Waals surface area contributed by atoms with Gasteiger partial charge in [-0.2, -0.15) is 0 Å². The van der Waals surface area contributed by atoms with Gasteiger partial charge in [0, 0.05) is 24.7 Å². The van der Waals surface area contributed by atoms with E-state index in [0.717, 1.165) is 22.0 Å². The first-order valence-corrected chi connectivity index (χ1v) is 9.69. The van der Waals surface area contributed by atoms with E-state index >= 15 is 0 Å². The number of carbonyl (C=O) groups is 1. The van der Waals surface area contributed by atoms with Crippen molar-refractivity contribution in [2.24, 2.45) is 0 Å². The number of amides is 1. The molecule has 0 spiro atoms. The summed E-state index contributed by atoms with van der Waals surface area (Å²) in [4.78, 5) is 15.2. The van der Waals surface area contributed by atoms with Gasteiger partial charge in [-0.05, 0) is 23.3 Å². The molecule has 4 aromatic rings. The zero-order valence-electron chi connectivity index (χ0n) is 16.2. The van der Waals surface area contributed by atoms with Gasteiger partial charge in [0.1, 0.15) is 6.54 Å². The molecule has 0 unspecified atom stereocenters. The Morgan fingerprint density at radius 3 is 1.93 bits per heavy atom. The molecular weight excluding hydrogens is 358 g/mol. The second-order valence-electron chi connectivity index (χ2n) is 7.10. The smallest absolute Gasteiger partial charge is 0.243 e. The highest BCUT2D eigenvalue weighted by molar-refractivity contribution is 5.82. The monoisotopic (exact) mass is 381 g/mol. The number of para-hydroxylation sites is 1. The van der Waals surface area contributed by atoms with E-state index in [4.69, 9.17) is 5.41 Å². The van der Waals surface area contributed by atoms with Gasteiger partial charge in [0.25, 0.3) is 0 Å². The van der Waals surface area contributed by atoms with Crippen LogP contribution in [0.2, 0.25) is 0 Å². The number of pyridine rings is 1. The molecule has 0 saturated carbocycles. The van der Waals surface area contributed by atoms with Gasteiger partial charge < -0.3 is 14.9 Å². The van der Waals surface area contributed by atoms with Crippen molar-refractivity contribution in [3.05, 3.63) is 114 Å². The lowest BCUT2D eigenvalue weighted by Crippen LogP contribution is -2.33. The van der Waals surface area contributed by atoms with Gasteiger partial charge in [0.2, 0.25) is 5.91 Å². The Morgan fingerprint density at radius 1 is 0.759 bits per heavy atom. The Balaban J connectivity index is 1.63. The molecule has 29 heavy (non-hydrogen) atoms. The van der Waals surface area contributed by atoms with E-state index in [1.807, 2.05) is 101 Å². The number of benzene rings is 3. The maximum Gasteiger partial charge on any atom is 0.243 e. The van der Waals surface area contributed by atoms with Crippen molar-refractivity contribution in [2.75, 3.05) is 0 Å². The fraction of sp³-hybridized carbons (Fsp3) is 0.120. The summed E-state index contributed by atoms with van der Waals surface area (Å²) in [6.07, 6.45) is 1.83. The highest BCUT2D eigenvalue weighted by atomic mass is 16.2. The first-order valence-electron chi connectivity index (χ1n) is 9.69. The highest BCUT2D eigenvalue weighted by Crippen LogP contribution is 2.14. The van der Waals surface area contributed by atoms with E-state index in [9.17, 15) is 4.79 Å². The minimum Gasteiger partial charge on any atom is -0.338 e. The van der Waals surface area contributed by atoms with Crippen LogP contribution in [0.4, 0.5) is 0 Å². The topological polar surface area (TPSA) is 49.1 Å². The molecule has 4 heteroatoms. The molecule has 1 aromatic heterocycles. The average molecular weight is 381 g/mol. The van der Waals surface area contributed by atoms with Gasteiger partial charge in [-0.1, -0.05) is 78.9 Å². The van der Waals surface area contributed by atoms with Gasteiger partial charge in [-0.3, -0.25) is 4.79 Å². The standard InChI is InChI=1S/C25H23N3O/c26-23-15-16-27(24-14-8-7-13-22(23)24)19-25(29)28(17-20-9-3-1-4-10-20)18-21-11-5-2-6-12-21/h1-16,26H,17-19H2. The fourth-order valence-corrected chi connectivity index (χ4v) is 3.51. The Labute approximate surface area is 170 Å². The molecule has 0 atom stereocenters. The van der Waals surface area contributed by atoms with Gasteiger partial charge in [-0.15, -0.1) is 0 Å². The fourth-order valence-electron chi connectivity index (χ4n) is 3.51. The van der Waals surface area contributed by atoms with Crippen LogP contribution >= 0.6 is 0 Å². The molecule has 0 aliphatic heterocycles. The molecule has 1 amide bonds. The van der Waals surface area contributed by atoms with Crippen LogP contribution in [0.15, 0.2) is 97.2 Å². The number of aromatic nitrogens is 1. The van der Waals surface area contributed by atoms with Crippen LogP contribution in [0.1, 0.15) is 11.1 Å². The van der Waals surface area contributed by atoms with Crippen molar-refractivity contribution in [3.63, 3.8) is 0 Å². The second kappa shape index (κ2) is 8.57. The lowest BCUT2D eigenvalue weighted by Gasteiger charge is -2.24. The van der Waals surface area contributed by atoms with Crippen LogP contribution in [0.25, 0.3) is 10.9 Å². The van der Waals surface area contributed by atoms with E-state index in [-0.39, 0.29) is 12.5 Å². The van der Waals surface area contributed by atoms with Crippen LogP contribution in [0.3, 0.4) is 0 Å². The molecule has 4 rings (SSSR count). The summed E-state index contributed by atoms with van der Waals surface area (Å²) >= 11 is 0. The number of hydrogen-bond donors (Lipinski definition) is 1. The van der Waals surface area contributed by atoms with Gasteiger partial charge in [-0.25, -0.2) is 0 Å². The number of hydrogen-bond acceptors (Lipinski definition) is 2. The molecule has 3 aromatic carbocycles. The summed E-state index contributed by atoms with van der Waals surface area (Å²) in [5.74, 6) is 0.0468. The molecular formula is C25H23N3O. The normalized spacial score (nSPS) is 10.8. The number of nitrogens with one attached hydrogen (secondary N) is 1. The van der Waals surface area contributed by atoms with E-state index in [0.29, 0.717) is 18.4 Å². The summed E-state index contributed by atoms with van der Waals surface area (Å²) in [6.45, 7) is 1.35. The third kappa shape index (κ3) is 4.43. The first-order chi connectivity index (χ1) is 14.2. The molecule has 144 valence electrons. The summed E-state index contributed by atoms with van der Waals surface area (Å²) < 4.78 is 1.93. The predicted molar refractivity (Wildman–Crippen MR) is 115 cm³/mol. The number of carbonyl (C=O) groups excluding carboxylic acids is 1. The molecule has 0 radical (unpaired) electrons. The van der Waals surface area contributed by atoms with Crippen LogP contribution in [0, 0.1) is 5.41 Å². The maximum atomic E-state index is 13.3. The first kappa shape index (κ1) is 18.7. The summed E-state index contributed by atoms with van der Waals surface area (Å²) in [5.41, 5.74) is 3.11. The van der Waals surface area contributed by atoms with Crippen LogP contribution in [-0.4, -0.2) is 15.4 Å². The zero-order valence-corrected chi connectivity index (χ0v) is 16.2. The third-order valence-corrected chi connectivity index (χ3v) is 5.02. The molecule has 1 heterocycles. The number of rotatable bonds is 6. The van der Waals surface area contributed by atoms with Crippen molar-refractivity contribution < 1.29 is 4.79 Å². The molecule has 0 saturated heterocycles. The van der Waals surface area contributed by atoms with E-state index in [1.165, 1.54) is 0 Å².